The Morgan fingerprint density at radius 3 is 2.50 bits per heavy atom. The summed E-state index contributed by atoms with van der Waals surface area (Å²) in [6.07, 6.45) is 6.30. The van der Waals surface area contributed by atoms with Crippen LogP contribution in [-0.4, -0.2) is 38.9 Å². The van der Waals surface area contributed by atoms with E-state index in [1.54, 1.807) is 11.8 Å². The molecule has 0 amide bonds. The molecule has 0 bridgehead atoms. The van der Waals surface area contributed by atoms with Crippen LogP contribution in [0.4, 0.5) is 5.82 Å². The molecule has 174 valence electrons. The SMILES string of the molecule is CC.CNC(C)C.Cc1cc2c(cc1Sc1nc3c(N)ncnc3n1CCC=O)CCC2. The fourth-order valence-corrected chi connectivity index (χ4v) is 4.37. The van der Waals surface area contributed by atoms with Crippen LogP contribution in [0.3, 0.4) is 0 Å². The molecule has 2 aromatic heterocycles. The summed E-state index contributed by atoms with van der Waals surface area (Å²) in [5, 5.41) is 3.82. The lowest BCUT2D eigenvalue weighted by molar-refractivity contribution is -0.108. The molecule has 0 fully saturated rings. The molecule has 32 heavy (non-hydrogen) atoms. The van der Waals surface area contributed by atoms with Gasteiger partial charge in [-0.2, -0.15) is 0 Å². The third-order valence-electron chi connectivity index (χ3n) is 5.16. The van der Waals surface area contributed by atoms with Gasteiger partial charge in [0.1, 0.15) is 12.6 Å². The first-order valence-electron chi connectivity index (χ1n) is 11.3. The first kappa shape index (κ1) is 25.8. The topological polar surface area (TPSA) is 98.7 Å². The number of carbonyl (C=O) groups is 1. The zero-order valence-corrected chi connectivity index (χ0v) is 20.9. The number of benzene rings is 1. The van der Waals surface area contributed by atoms with Crippen molar-refractivity contribution in [1.29, 1.82) is 0 Å². The summed E-state index contributed by atoms with van der Waals surface area (Å²) < 4.78 is 1.96. The zero-order valence-electron chi connectivity index (χ0n) is 20.1. The molecule has 0 aliphatic heterocycles. The Bertz CT molecular complexity index is 1030. The van der Waals surface area contributed by atoms with E-state index in [1.165, 1.54) is 40.8 Å². The number of hydrogen-bond acceptors (Lipinski definition) is 7. The lowest BCUT2D eigenvalue weighted by atomic mass is 10.1. The molecule has 1 aromatic carbocycles. The molecule has 3 aromatic rings. The summed E-state index contributed by atoms with van der Waals surface area (Å²) in [5.41, 5.74) is 11.4. The molecule has 3 N–H and O–H groups in total. The Morgan fingerprint density at radius 1 is 1.22 bits per heavy atom. The minimum absolute atomic E-state index is 0.363. The minimum Gasteiger partial charge on any atom is -0.382 e. The van der Waals surface area contributed by atoms with Crippen molar-refractivity contribution >= 4 is 35.0 Å². The van der Waals surface area contributed by atoms with Gasteiger partial charge in [-0.25, -0.2) is 15.0 Å². The van der Waals surface area contributed by atoms with Gasteiger partial charge in [0.2, 0.25) is 0 Å². The summed E-state index contributed by atoms with van der Waals surface area (Å²) in [5.74, 6) is 0.363. The Hall–Kier alpha value is -2.45. The lowest BCUT2D eigenvalue weighted by Gasteiger charge is -2.10. The third kappa shape index (κ3) is 6.29. The standard InChI is InChI=1S/C18H19N5OS.C4H11N.C2H6/c1-11-8-12-4-2-5-13(12)9-14(11)25-18-22-15-16(19)20-10-21-17(15)23(18)6-3-7-24;1-4(2)5-3;1-2/h7-10H,2-6H2,1H3,(H2,19,20,21);4-5H,1-3H3;1-2H3. The van der Waals surface area contributed by atoms with Crippen molar-refractivity contribution in [3.05, 3.63) is 35.2 Å². The number of hydrogen-bond donors (Lipinski definition) is 2. The third-order valence-corrected chi connectivity index (χ3v) is 6.32. The van der Waals surface area contributed by atoms with Crippen molar-refractivity contribution in [2.45, 2.75) is 82.9 Å². The Labute approximate surface area is 195 Å². The van der Waals surface area contributed by atoms with E-state index < -0.39 is 0 Å². The maximum atomic E-state index is 10.9. The summed E-state index contributed by atoms with van der Waals surface area (Å²) >= 11 is 1.60. The van der Waals surface area contributed by atoms with Crippen molar-refractivity contribution < 1.29 is 4.79 Å². The van der Waals surface area contributed by atoms with Gasteiger partial charge < -0.3 is 20.4 Å². The molecule has 7 nitrogen and oxygen atoms in total. The van der Waals surface area contributed by atoms with Crippen LogP contribution < -0.4 is 11.1 Å². The van der Waals surface area contributed by atoms with Gasteiger partial charge in [-0.15, -0.1) is 0 Å². The predicted molar refractivity (Wildman–Crippen MR) is 133 cm³/mol. The number of nitrogens with one attached hydrogen (secondary N) is 1. The van der Waals surface area contributed by atoms with Crippen LogP contribution in [0.1, 0.15) is 57.2 Å². The number of aldehydes is 1. The Kier molecular flexibility index (Phi) is 10.1. The second kappa shape index (κ2) is 12.6. The molecule has 0 radical (unpaired) electrons. The van der Waals surface area contributed by atoms with Gasteiger partial charge in [0.25, 0.3) is 0 Å². The molecule has 8 heteroatoms. The Morgan fingerprint density at radius 2 is 1.88 bits per heavy atom. The van der Waals surface area contributed by atoms with E-state index in [9.17, 15) is 4.79 Å². The molecular weight excluding hydrogens is 420 g/mol. The van der Waals surface area contributed by atoms with Crippen LogP contribution >= 0.6 is 11.8 Å². The summed E-state index contributed by atoms with van der Waals surface area (Å²) in [6.45, 7) is 10.9. The maximum Gasteiger partial charge on any atom is 0.175 e. The van der Waals surface area contributed by atoms with Gasteiger partial charge in [-0.3, -0.25) is 0 Å². The monoisotopic (exact) mass is 456 g/mol. The van der Waals surface area contributed by atoms with Crippen molar-refractivity contribution in [2.75, 3.05) is 12.8 Å². The fourth-order valence-electron chi connectivity index (χ4n) is 3.33. The van der Waals surface area contributed by atoms with E-state index in [0.717, 1.165) is 17.9 Å². The van der Waals surface area contributed by atoms with Crippen molar-refractivity contribution in [1.82, 2.24) is 24.8 Å². The average Bonchev–Trinajstić information content (AvgIpc) is 3.39. The highest BCUT2D eigenvalue weighted by atomic mass is 32.2. The lowest BCUT2D eigenvalue weighted by Crippen LogP contribution is -2.15. The molecular formula is C24H36N6OS. The molecule has 1 aliphatic carbocycles. The average molecular weight is 457 g/mol. The summed E-state index contributed by atoms with van der Waals surface area (Å²) in [4.78, 5) is 25.0. The minimum atomic E-state index is 0.363. The molecule has 4 rings (SSSR count). The Balaban J connectivity index is 0.000000460. The van der Waals surface area contributed by atoms with Gasteiger partial charge in [0, 0.05) is 23.9 Å². The predicted octanol–water partition coefficient (Wildman–Crippen LogP) is 4.59. The highest BCUT2D eigenvalue weighted by molar-refractivity contribution is 7.99. The van der Waals surface area contributed by atoms with Crippen LogP contribution in [0.15, 0.2) is 28.5 Å². The van der Waals surface area contributed by atoms with Crippen LogP contribution in [-0.2, 0) is 24.2 Å². The molecule has 0 unspecified atom stereocenters. The number of aromatic nitrogens is 4. The van der Waals surface area contributed by atoms with Crippen LogP contribution in [0.25, 0.3) is 11.2 Å². The number of fused-ring (bicyclic) bond motifs is 2. The second-order valence-corrected chi connectivity index (χ2v) is 8.73. The smallest absolute Gasteiger partial charge is 0.175 e. The van der Waals surface area contributed by atoms with E-state index in [4.69, 9.17) is 5.73 Å². The van der Waals surface area contributed by atoms with Gasteiger partial charge in [0.05, 0.1) is 0 Å². The van der Waals surface area contributed by atoms with Crippen molar-refractivity contribution in [3.63, 3.8) is 0 Å². The van der Waals surface area contributed by atoms with Gasteiger partial charge in [0.15, 0.2) is 22.1 Å². The number of rotatable bonds is 6. The summed E-state index contributed by atoms with van der Waals surface area (Å²) in [7, 11) is 1.95. The zero-order chi connectivity index (χ0) is 23.7. The molecule has 0 saturated heterocycles. The summed E-state index contributed by atoms with van der Waals surface area (Å²) in [6, 6.07) is 5.20. The maximum absolute atomic E-state index is 10.9. The number of aryl methyl sites for hydroxylation is 4. The second-order valence-electron chi connectivity index (χ2n) is 7.72. The van der Waals surface area contributed by atoms with Crippen LogP contribution in [0.2, 0.25) is 0 Å². The number of nitrogen functional groups attached to an aromatic ring is 1. The van der Waals surface area contributed by atoms with Gasteiger partial charge in [-0.05, 0) is 56.0 Å². The molecule has 1 aliphatic rings. The van der Waals surface area contributed by atoms with Gasteiger partial charge >= 0.3 is 0 Å². The molecule has 0 atom stereocenters. The first-order chi connectivity index (χ1) is 15.4. The van der Waals surface area contributed by atoms with E-state index >= 15 is 0 Å². The number of nitrogens with zero attached hydrogens (tertiary/aromatic N) is 4. The highest BCUT2D eigenvalue weighted by Gasteiger charge is 2.18. The van der Waals surface area contributed by atoms with E-state index in [1.807, 2.05) is 25.5 Å². The van der Waals surface area contributed by atoms with E-state index in [-0.39, 0.29) is 0 Å². The number of anilines is 1. The van der Waals surface area contributed by atoms with Crippen LogP contribution in [0.5, 0.6) is 0 Å². The van der Waals surface area contributed by atoms with Crippen LogP contribution in [0, 0.1) is 6.92 Å². The number of imidazole rings is 1. The number of carbonyl (C=O) groups excluding carboxylic acids is 1. The number of nitrogens with two attached hydrogens (primary N) is 1. The quantitative estimate of drug-likeness (QED) is 0.524. The molecule has 2 heterocycles. The largest absolute Gasteiger partial charge is 0.382 e. The van der Waals surface area contributed by atoms with Crippen molar-refractivity contribution in [2.24, 2.45) is 0 Å². The highest BCUT2D eigenvalue weighted by Crippen LogP contribution is 2.36. The first-order valence-corrected chi connectivity index (χ1v) is 12.1. The molecule has 0 saturated carbocycles. The fraction of sp³-hybridized carbons (Fsp3) is 0.500. The van der Waals surface area contributed by atoms with E-state index in [0.29, 0.717) is 36.0 Å². The van der Waals surface area contributed by atoms with Gasteiger partial charge in [-0.1, -0.05) is 45.5 Å². The van der Waals surface area contributed by atoms with E-state index in [2.05, 4.69) is 53.2 Å². The van der Waals surface area contributed by atoms with Crippen molar-refractivity contribution in [3.8, 4) is 0 Å². The molecule has 0 spiro atoms. The normalized spacial score (nSPS) is 12.1.